The summed E-state index contributed by atoms with van der Waals surface area (Å²) in [7, 11) is 1.75. The molecule has 0 aliphatic heterocycles. The highest BCUT2D eigenvalue weighted by Crippen LogP contribution is 2.10. The van der Waals surface area contributed by atoms with Gasteiger partial charge in [-0.15, -0.1) is 24.0 Å². The molecule has 2 N–H and O–H groups in total. The molecule has 0 amide bonds. The summed E-state index contributed by atoms with van der Waals surface area (Å²) in [6.07, 6.45) is 4.05. The summed E-state index contributed by atoms with van der Waals surface area (Å²) in [5.41, 5.74) is 4.42. The van der Waals surface area contributed by atoms with Gasteiger partial charge in [-0.05, 0) is 47.7 Å². The highest BCUT2D eigenvalue weighted by atomic mass is 127. The number of aryl methyl sites for hydroxylation is 1. The van der Waals surface area contributed by atoms with Gasteiger partial charge in [-0.2, -0.15) is 5.10 Å². The van der Waals surface area contributed by atoms with Gasteiger partial charge in [0.1, 0.15) is 18.5 Å². The van der Waals surface area contributed by atoms with Gasteiger partial charge in [0.2, 0.25) is 0 Å². The van der Waals surface area contributed by atoms with Crippen LogP contribution in [0.3, 0.4) is 0 Å². The fourth-order valence-corrected chi connectivity index (χ4v) is 3.00. The van der Waals surface area contributed by atoms with Crippen LogP contribution in [-0.2, 0) is 19.5 Å². The van der Waals surface area contributed by atoms with Crippen molar-refractivity contribution in [1.82, 2.24) is 25.4 Å². The average Bonchev–Trinajstić information content (AvgIpc) is 3.19. The Bertz CT molecular complexity index is 927. The number of nitrogens with one attached hydrogen (secondary N) is 2. The predicted molar refractivity (Wildman–Crippen MR) is 124 cm³/mol. The topological polar surface area (TPSA) is 67.1 Å². The fraction of sp³-hybridized carbons (Fsp3) is 0.286. The first-order valence-corrected chi connectivity index (χ1v) is 9.24. The van der Waals surface area contributed by atoms with Crippen molar-refractivity contribution in [2.45, 2.75) is 26.4 Å². The van der Waals surface area contributed by atoms with Crippen molar-refractivity contribution in [3.05, 3.63) is 83.2 Å². The molecule has 3 rings (SSSR count). The van der Waals surface area contributed by atoms with Crippen LogP contribution in [0.1, 0.15) is 22.3 Å². The zero-order valence-corrected chi connectivity index (χ0v) is 18.9. The summed E-state index contributed by atoms with van der Waals surface area (Å²) in [5.74, 6) is 0.541. The van der Waals surface area contributed by atoms with Crippen molar-refractivity contribution in [1.29, 1.82) is 0 Å². The average molecular weight is 508 g/mol. The summed E-state index contributed by atoms with van der Waals surface area (Å²) >= 11 is 0. The van der Waals surface area contributed by atoms with Gasteiger partial charge < -0.3 is 10.6 Å². The molecule has 1 aromatic heterocycles. The van der Waals surface area contributed by atoms with Crippen molar-refractivity contribution in [2.75, 3.05) is 13.6 Å². The lowest BCUT2D eigenvalue weighted by Crippen LogP contribution is -2.37. The molecule has 0 atom stereocenters. The lowest BCUT2D eigenvalue weighted by Gasteiger charge is -2.13. The Kier molecular flexibility index (Phi) is 9.04. The molecular formula is C21H26FIN6. The monoisotopic (exact) mass is 508 g/mol. The number of guanidine groups is 1. The van der Waals surface area contributed by atoms with E-state index in [0.29, 0.717) is 13.1 Å². The molecule has 0 unspecified atom stereocenters. The van der Waals surface area contributed by atoms with E-state index in [2.05, 4.69) is 43.9 Å². The number of benzene rings is 2. The van der Waals surface area contributed by atoms with E-state index in [1.807, 2.05) is 19.1 Å². The maximum atomic E-state index is 13.2. The van der Waals surface area contributed by atoms with Gasteiger partial charge in [0.05, 0.1) is 6.54 Å². The van der Waals surface area contributed by atoms with Crippen LogP contribution in [0.4, 0.5) is 4.39 Å². The van der Waals surface area contributed by atoms with E-state index in [1.165, 1.54) is 18.0 Å². The second-order valence-corrected chi connectivity index (χ2v) is 6.59. The summed E-state index contributed by atoms with van der Waals surface area (Å²) < 4.78 is 15.0. The molecule has 3 aromatic rings. The number of hydrogen-bond acceptors (Lipinski definition) is 3. The standard InChI is InChI=1S/C21H25FN6.HI/c1-16-10-20(22)7-6-19(16)8-9-25-21(23-2)26-12-17-4-3-5-18(11-17)13-28-15-24-14-27-28;/h3-7,10-11,14-15H,8-9,12-13H2,1-2H3,(H2,23,25,26);1H. The van der Waals surface area contributed by atoms with E-state index >= 15 is 0 Å². The van der Waals surface area contributed by atoms with Crippen LogP contribution in [0.25, 0.3) is 0 Å². The number of halogens is 2. The molecule has 0 aliphatic rings. The second kappa shape index (κ2) is 11.5. The van der Waals surface area contributed by atoms with E-state index in [9.17, 15) is 4.39 Å². The van der Waals surface area contributed by atoms with Crippen LogP contribution >= 0.6 is 24.0 Å². The maximum absolute atomic E-state index is 13.2. The first-order chi connectivity index (χ1) is 13.6. The first kappa shape index (κ1) is 22.8. The van der Waals surface area contributed by atoms with Gasteiger partial charge >= 0.3 is 0 Å². The van der Waals surface area contributed by atoms with Crippen LogP contribution in [0.2, 0.25) is 0 Å². The zero-order valence-electron chi connectivity index (χ0n) is 16.6. The molecule has 29 heavy (non-hydrogen) atoms. The Morgan fingerprint density at radius 1 is 1.14 bits per heavy atom. The molecule has 2 aromatic carbocycles. The normalized spacial score (nSPS) is 11.1. The molecule has 0 saturated heterocycles. The van der Waals surface area contributed by atoms with Gasteiger partial charge in [0, 0.05) is 20.1 Å². The molecule has 154 valence electrons. The van der Waals surface area contributed by atoms with Crippen molar-refractivity contribution in [3.8, 4) is 0 Å². The lowest BCUT2D eigenvalue weighted by molar-refractivity contribution is 0.625. The molecule has 0 fully saturated rings. The summed E-state index contributed by atoms with van der Waals surface area (Å²) in [6, 6.07) is 13.2. The van der Waals surface area contributed by atoms with E-state index in [1.54, 1.807) is 24.1 Å². The molecular weight excluding hydrogens is 482 g/mol. The van der Waals surface area contributed by atoms with Gasteiger partial charge in [-0.25, -0.2) is 14.1 Å². The Morgan fingerprint density at radius 2 is 1.97 bits per heavy atom. The highest BCUT2D eigenvalue weighted by molar-refractivity contribution is 14.0. The minimum Gasteiger partial charge on any atom is -0.356 e. The number of hydrogen-bond donors (Lipinski definition) is 2. The molecule has 1 heterocycles. The van der Waals surface area contributed by atoms with Crippen molar-refractivity contribution in [2.24, 2.45) is 4.99 Å². The predicted octanol–water partition coefficient (Wildman–Crippen LogP) is 3.30. The largest absolute Gasteiger partial charge is 0.356 e. The molecule has 0 saturated carbocycles. The third-order valence-electron chi connectivity index (χ3n) is 4.48. The Balaban J connectivity index is 0.00000300. The highest BCUT2D eigenvalue weighted by Gasteiger charge is 2.03. The van der Waals surface area contributed by atoms with Gasteiger partial charge in [-0.3, -0.25) is 4.99 Å². The lowest BCUT2D eigenvalue weighted by atomic mass is 10.1. The number of aromatic nitrogens is 3. The van der Waals surface area contributed by atoms with Crippen LogP contribution in [0, 0.1) is 12.7 Å². The third kappa shape index (κ3) is 7.12. The number of aliphatic imine (C=N–C) groups is 1. The van der Waals surface area contributed by atoms with E-state index in [0.717, 1.165) is 35.6 Å². The molecule has 0 spiro atoms. The second-order valence-electron chi connectivity index (χ2n) is 6.59. The van der Waals surface area contributed by atoms with Crippen molar-refractivity contribution >= 4 is 29.9 Å². The number of rotatable bonds is 7. The van der Waals surface area contributed by atoms with Crippen LogP contribution in [-0.4, -0.2) is 34.3 Å². The van der Waals surface area contributed by atoms with Crippen LogP contribution < -0.4 is 10.6 Å². The van der Waals surface area contributed by atoms with E-state index in [4.69, 9.17) is 0 Å². The Hall–Kier alpha value is -2.49. The first-order valence-electron chi connectivity index (χ1n) is 9.24. The summed E-state index contributed by atoms with van der Waals surface area (Å²) in [6.45, 7) is 4.01. The molecule has 0 radical (unpaired) electrons. The zero-order chi connectivity index (χ0) is 19.8. The van der Waals surface area contributed by atoms with Crippen molar-refractivity contribution in [3.63, 3.8) is 0 Å². The molecule has 8 heteroatoms. The molecule has 0 bridgehead atoms. The van der Waals surface area contributed by atoms with Gasteiger partial charge in [0.25, 0.3) is 0 Å². The minimum atomic E-state index is -0.197. The van der Waals surface area contributed by atoms with Gasteiger partial charge in [-0.1, -0.05) is 30.3 Å². The smallest absolute Gasteiger partial charge is 0.191 e. The summed E-state index contributed by atoms with van der Waals surface area (Å²) in [4.78, 5) is 8.23. The van der Waals surface area contributed by atoms with Gasteiger partial charge in [0.15, 0.2) is 5.96 Å². The minimum absolute atomic E-state index is 0. The number of nitrogens with zero attached hydrogens (tertiary/aromatic N) is 4. The van der Waals surface area contributed by atoms with Crippen LogP contribution in [0.5, 0.6) is 0 Å². The third-order valence-corrected chi connectivity index (χ3v) is 4.48. The Morgan fingerprint density at radius 3 is 2.69 bits per heavy atom. The SMILES string of the molecule is CN=C(NCCc1ccc(F)cc1C)NCc1cccc(Cn2cncn2)c1.I. The molecule has 6 nitrogen and oxygen atoms in total. The fourth-order valence-electron chi connectivity index (χ4n) is 3.00. The maximum Gasteiger partial charge on any atom is 0.191 e. The Labute approximate surface area is 187 Å². The van der Waals surface area contributed by atoms with Crippen LogP contribution in [0.15, 0.2) is 60.1 Å². The summed E-state index contributed by atoms with van der Waals surface area (Å²) in [5, 5.41) is 10.8. The van der Waals surface area contributed by atoms with E-state index in [-0.39, 0.29) is 29.8 Å². The molecule has 0 aliphatic carbocycles. The van der Waals surface area contributed by atoms with E-state index < -0.39 is 0 Å². The quantitative estimate of drug-likeness (QED) is 0.292. The van der Waals surface area contributed by atoms with Crippen molar-refractivity contribution < 1.29 is 4.39 Å².